The van der Waals surface area contributed by atoms with Gasteiger partial charge in [-0.2, -0.15) is 0 Å². The molecule has 158 valence electrons. The van der Waals surface area contributed by atoms with Crippen molar-refractivity contribution in [2.75, 3.05) is 6.61 Å². The molecule has 0 saturated heterocycles. The van der Waals surface area contributed by atoms with Gasteiger partial charge in [-0.05, 0) is 60.5 Å². The molecule has 0 atom stereocenters. The van der Waals surface area contributed by atoms with E-state index in [0.717, 1.165) is 21.8 Å². The van der Waals surface area contributed by atoms with Crippen LogP contribution in [0.5, 0.6) is 0 Å². The fourth-order valence-corrected chi connectivity index (χ4v) is 4.23. The predicted octanol–water partition coefficient (Wildman–Crippen LogP) is 5.83. The average Bonchev–Trinajstić information content (AvgIpc) is 3.10. The first-order valence-electron chi connectivity index (χ1n) is 9.82. The maximum Gasteiger partial charge on any atom is 0.338 e. The summed E-state index contributed by atoms with van der Waals surface area (Å²) >= 11 is 1.50. The summed E-state index contributed by atoms with van der Waals surface area (Å²) in [5.41, 5.74) is 3.68. The summed E-state index contributed by atoms with van der Waals surface area (Å²) in [6.45, 7) is 2.48. The molecule has 0 N–H and O–H groups in total. The van der Waals surface area contributed by atoms with E-state index >= 15 is 0 Å². The Bertz CT molecular complexity index is 1220. The van der Waals surface area contributed by atoms with Crippen molar-refractivity contribution in [3.63, 3.8) is 0 Å². The predicted molar refractivity (Wildman–Crippen MR) is 117 cm³/mol. The van der Waals surface area contributed by atoms with Gasteiger partial charge in [-0.15, -0.1) is 0 Å². The minimum absolute atomic E-state index is 0.279. The lowest BCUT2D eigenvalue weighted by Gasteiger charge is -2.10. The van der Waals surface area contributed by atoms with Crippen LogP contribution in [0.3, 0.4) is 0 Å². The molecule has 0 bridgehead atoms. The molecule has 0 saturated carbocycles. The van der Waals surface area contributed by atoms with Crippen LogP contribution < -0.4 is 0 Å². The van der Waals surface area contributed by atoms with Crippen molar-refractivity contribution in [2.24, 2.45) is 0 Å². The molecule has 0 aliphatic rings. The van der Waals surface area contributed by atoms with Crippen molar-refractivity contribution in [2.45, 2.75) is 24.4 Å². The molecule has 0 aliphatic heterocycles. The van der Waals surface area contributed by atoms with Gasteiger partial charge in [-0.1, -0.05) is 36.0 Å². The number of nitrogens with zero attached hydrogens (tertiary/aromatic N) is 2. The van der Waals surface area contributed by atoms with Gasteiger partial charge in [0.25, 0.3) is 0 Å². The van der Waals surface area contributed by atoms with Crippen LogP contribution in [0.25, 0.3) is 11.0 Å². The van der Waals surface area contributed by atoms with Crippen LogP contribution >= 0.6 is 11.8 Å². The molecule has 31 heavy (non-hydrogen) atoms. The molecule has 0 radical (unpaired) electrons. The van der Waals surface area contributed by atoms with Gasteiger partial charge in [0.15, 0.2) is 5.16 Å². The lowest BCUT2D eigenvalue weighted by molar-refractivity contribution is 0.0526. The Kier molecular flexibility index (Phi) is 6.32. The lowest BCUT2D eigenvalue weighted by atomic mass is 10.2. The highest BCUT2D eigenvalue weighted by atomic mass is 32.2. The van der Waals surface area contributed by atoms with Gasteiger partial charge in [0, 0.05) is 5.75 Å². The van der Waals surface area contributed by atoms with E-state index in [1.54, 1.807) is 37.3 Å². The molecule has 0 aliphatic carbocycles. The minimum Gasteiger partial charge on any atom is -0.462 e. The van der Waals surface area contributed by atoms with Crippen LogP contribution in [0, 0.1) is 11.6 Å². The van der Waals surface area contributed by atoms with E-state index < -0.39 is 5.97 Å². The van der Waals surface area contributed by atoms with Gasteiger partial charge >= 0.3 is 5.97 Å². The van der Waals surface area contributed by atoms with Crippen molar-refractivity contribution in [1.82, 2.24) is 9.55 Å². The standard InChI is InChI=1S/C24H20F2N2O2S/c1-2-30-23(29)18-8-11-22-21(13-18)27-24(31-15-16-6-9-19(25)10-7-16)28(22)14-17-4-3-5-20(26)12-17/h3-13H,2,14-15H2,1H3. The van der Waals surface area contributed by atoms with E-state index in [0.29, 0.717) is 30.0 Å². The molecule has 7 heteroatoms. The van der Waals surface area contributed by atoms with Crippen LogP contribution in [-0.4, -0.2) is 22.1 Å². The fraction of sp³-hybridized carbons (Fsp3) is 0.167. The van der Waals surface area contributed by atoms with Crippen molar-refractivity contribution < 1.29 is 18.3 Å². The number of esters is 1. The highest BCUT2D eigenvalue weighted by Gasteiger charge is 2.15. The number of ether oxygens (including phenoxy) is 1. The molecule has 1 heterocycles. The average molecular weight is 438 g/mol. The van der Waals surface area contributed by atoms with E-state index in [2.05, 4.69) is 0 Å². The number of halogens is 2. The topological polar surface area (TPSA) is 44.1 Å². The number of thioether (sulfide) groups is 1. The van der Waals surface area contributed by atoms with Crippen LogP contribution in [0.4, 0.5) is 8.78 Å². The summed E-state index contributed by atoms with van der Waals surface area (Å²) in [4.78, 5) is 16.8. The first-order valence-corrected chi connectivity index (χ1v) is 10.8. The highest BCUT2D eigenvalue weighted by molar-refractivity contribution is 7.98. The van der Waals surface area contributed by atoms with Gasteiger partial charge in [0.05, 0.1) is 29.7 Å². The van der Waals surface area contributed by atoms with Gasteiger partial charge in [-0.3, -0.25) is 0 Å². The SMILES string of the molecule is CCOC(=O)c1ccc2c(c1)nc(SCc1ccc(F)cc1)n2Cc1cccc(F)c1. The van der Waals surface area contributed by atoms with Crippen LogP contribution in [-0.2, 0) is 17.0 Å². The number of aromatic nitrogens is 2. The molecule has 0 unspecified atom stereocenters. The Morgan fingerprint density at radius 3 is 2.55 bits per heavy atom. The summed E-state index contributed by atoms with van der Waals surface area (Å²) in [7, 11) is 0. The number of hydrogen-bond acceptors (Lipinski definition) is 4. The van der Waals surface area contributed by atoms with Gasteiger partial charge in [-0.25, -0.2) is 18.6 Å². The summed E-state index contributed by atoms with van der Waals surface area (Å²) in [6, 6.07) is 18.0. The van der Waals surface area contributed by atoms with Crippen molar-refractivity contribution in [1.29, 1.82) is 0 Å². The number of carbonyl (C=O) groups excluding carboxylic acids is 1. The van der Waals surface area contributed by atoms with Crippen LogP contribution in [0.1, 0.15) is 28.4 Å². The zero-order chi connectivity index (χ0) is 21.8. The van der Waals surface area contributed by atoms with E-state index in [1.165, 1.54) is 36.0 Å². The maximum atomic E-state index is 13.7. The molecule has 0 spiro atoms. The summed E-state index contributed by atoms with van der Waals surface area (Å²) in [5, 5.41) is 0.726. The molecular weight excluding hydrogens is 418 g/mol. The zero-order valence-electron chi connectivity index (χ0n) is 16.8. The Balaban J connectivity index is 1.70. The highest BCUT2D eigenvalue weighted by Crippen LogP contribution is 2.29. The first-order chi connectivity index (χ1) is 15.0. The third kappa shape index (κ3) is 4.94. The van der Waals surface area contributed by atoms with Crippen LogP contribution in [0.2, 0.25) is 0 Å². The minimum atomic E-state index is -0.399. The molecule has 1 aromatic heterocycles. The number of fused-ring (bicyclic) bond motifs is 1. The van der Waals surface area contributed by atoms with Gasteiger partial charge < -0.3 is 9.30 Å². The third-order valence-electron chi connectivity index (χ3n) is 4.74. The van der Waals surface area contributed by atoms with Crippen molar-refractivity contribution in [3.8, 4) is 0 Å². The second-order valence-corrected chi connectivity index (χ2v) is 7.89. The van der Waals surface area contributed by atoms with E-state index in [-0.39, 0.29) is 11.6 Å². The van der Waals surface area contributed by atoms with E-state index in [1.807, 2.05) is 16.7 Å². The first kappa shape index (κ1) is 21.1. The molecule has 0 fully saturated rings. The number of rotatable bonds is 7. The normalized spacial score (nSPS) is 11.1. The Morgan fingerprint density at radius 1 is 1.00 bits per heavy atom. The Morgan fingerprint density at radius 2 is 1.81 bits per heavy atom. The molecular formula is C24H20F2N2O2S. The molecule has 0 amide bonds. The van der Waals surface area contributed by atoms with E-state index in [9.17, 15) is 13.6 Å². The van der Waals surface area contributed by atoms with Crippen molar-refractivity contribution in [3.05, 3.63) is 95.1 Å². The number of carbonyl (C=O) groups is 1. The summed E-state index contributed by atoms with van der Waals surface area (Å²) in [5.74, 6) is -0.382. The second-order valence-electron chi connectivity index (χ2n) is 6.95. The lowest BCUT2D eigenvalue weighted by Crippen LogP contribution is -2.05. The second kappa shape index (κ2) is 9.31. The third-order valence-corrected chi connectivity index (χ3v) is 5.78. The molecule has 4 rings (SSSR count). The number of imidazole rings is 1. The Labute approximate surface area is 182 Å². The maximum absolute atomic E-state index is 13.7. The molecule has 4 nitrogen and oxygen atoms in total. The summed E-state index contributed by atoms with van der Waals surface area (Å²) < 4.78 is 34.0. The smallest absolute Gasteiger partial charge is 0.338 e. The fourth-order valence-electron chi connectivity index (χ4n) is 3.26. The number of hydrogen-bond donors (Lipinski definition) is 0. The van der Waals surface area contributed by atoms with Gasteiger partial charge in [0.1, 0.15) is 11.6 Å². The quantitative estimate of drug-likeness (QED) is 0.269. The number of benzene rings is 3. The summed E-state index contributed by atoms with van der Waals surface area (Å²) in [6.07, 6.45) is 0. The Hall–Kier alpha value is -3.19. The van der Waals surface area contributed by atoms with Crippen molar-refractivity contribution >= 4 is 28.8 Å². The molecule has 3 aromatic carbocycles. The largest absolute Gasteiger partial charge is 0.462 e. The zero-order valence-corrected chi connectivity index (χ0v) is 17.7. The van der Waals surface area contributed by atoms with E-state index in [4.69, 9.17) is 9.72 Å². The monoisotopic (exact) mass is 438 g/mol. The van der Waals surface area contributed by atoms with Gasteiger partial charge in [0.2, 0.25) is 0 Å². The molecule has 4 aromatic rings. The van der Waals surface area contributed by atoms with Crippen LogP contribution in [0.15, 0.2) is 71.9 Å².